The summed E-state index contributed by atoms with van der Waals surface area (Å²) in [6.45, 7) is 0. The van der Waals surface area contributed by atoms with Crippen LogP contribution in [-0.2, 0) is 9.84 Å². The van der Waals surface area contributed by atoms with Crippen molar-refractivity contribution in [1.82, 2.24) is 0 Å². The van der Waals surface area contributed by atoms with Crippen molar-refractivity contribution in [3.05, 3.63) is 83.1 Å². The third-order valence-corrected chi connectivity index (χ3v) is 6.99. The van der Waals surface area contributed by atoms with Crippen LogP contribution in [0, 0.1) is 5.82 Å². The molecule has 0 saturated heterocycles. The number of nitrogens with zero attached hydrogens (tertiary/aromatic N) is 1. The van der Waals surface area contributed by atoms with Gasteiger partial charge in [-0.2, -0.15) is 0 Å². The van der Waals surface area contributed by atoms with E-state index in [1.165, 1.54) is 44.6 Å². The molecule has 1 aliphatic heterocycles. The van der Waals surface area contributed by atoms with Gasteiger partial charge in [0.2, 0.25) is 15.6 Å². The summed E-state index contributed by atoms with van der Waals surface area (Å²) in [6.07, 6.45) is 1.19. The second kappa shape index (κ2) is 8.59. The summed E-state index contributed by atoms with van der Waals surface area (Å²) in [5.74, 6) is 0.0758. The molecule has 1 aliphatic rings. The number of Topliss-reactive ketones (excluding diaryl/α,β-unsaturated/α-hetero) is 1. The molecular formula is C24H20FNO6S. The fourth-order valence-electron chi connectivity index (χ4n) is 3.49. The normalized spacial score (nSPS) is 14.2. The molecule has 0 saturated carbocycles. The Morgan fingerprint density at radius 3 is 2.00 bits per heavy atom. The molecule has 33 heavy (non-hydrogen) atoms. The number of halogens is 1. The van der Waals surface area contributed by atoms with Gasteiger partial charge in [0.15, 0.2) is 0 Å². The minimum atomic E-state index is -4.23. The minimum absolute atomic E-state index is 0.0663. The van der Waals surface area contributed by atoms with Crippen LogP contribution in [0.2, 0.25) is 0 Å². The van der Waals surface area contributed by atoms with Crippen LogP contribution in [0.1, 0.15) is 10.4 Å². The average Bonchev–Trinajstić information content (AvgIpc) is 2.83. The highest BCUT2D eigenvalue weighted by Crippen LogP contribution is 2.42. The van der Waals surface area contributed by atoms with Gasteiger partial charge in [-0.05, 0) is 42.5 Å². The number of methoxy groups -OCH3 is 3. The summed E-state index contributed by atoms with van der Waals surface area (Å²) in [6, 6.07) is 14.3. The van der Waals surface area contributed by atoms with E-state index < -0.39 is 26.3 Å². The summed E-state index contributed by atoms with van der Waals surface area (Å²) in [4.78, 5) is 14.1. The van der Waals surface area contributed by atoms with Crippen molar-refractivity contribution in [2.45, 2.75) is 4.90 Å². The Morgan fingerprint density at radius 2 is 1.42 bits per heavy atom. The van der Waals surface area contributed by atoms with Crippen molar-refractivity contribution >= 4 is 27.0 Å². The van der Waals surface area contributed by atoms with E-state index in [4.69, 9.17) is 14.2 Å². The Hall–Kier alpha value is -3.85. The maximum absolute atomic E-state index is 14.1. The van der Waals surface area contributed by atoms with Gasteiger partial charge in [0, 0.05) is 30.0 Å². The predicted molar refractivity (Wildman–Crippen MR) is 121 cm³/mol. The maximum Gasteiger partial charge on any atom is 0.214 e. The van der Waals surface area contributed by atoms with Gasteiger partial charge < -0.3 is 19.1 Å². The van der Waals surface area contributed by atoms with Crippen molar-refractivity contribution in [1.29, 1.82) is 0 Å². The number of sulfone groups is 1. The molecule has 0 bridgehead atoms. The molecule has 0 spiro atoms. The summed E-state index contributed by atoms with van der Waals surface area (Å²) in [5.41, 5.74) is 0.656. The zero-order valence-electron chi connectivity index (χ0n) is 18.0. The van der Waals surface area contributed by atoms with Crippen LogP contribution in [-0.4, -0.2) is 35.5 Å². The lowest BCUT2D eigenvalue weighted by molar-refractivity contribution is 0.104. The van der Waals surface area contributed by atoms with Crippen LogP contribution in [0.15, 0.2) is 76.7 Å². The van der Waals surface area contributed by atoms with Crippen LogP contribution in [0.5, 0.6) is 17.2 Å². The first-order valence-corrected chi connectivity index (χ1v) is 11.2. The van der Waals surface area contributed by atoms with Gasteiger partial charge in [-0.3, -0.25) is 4.79 Å². The number of hydrogen-bond donors (Lipinski definition) is 0. The molecule has 1 heterocycles. The SMILES string of the molecule is COc1ccc(C(=O)C2=CN(c3cc(OC)cc(OC)c3)c3cc(F)ccc3S2(=O)=O)cc1. The zero-order chi connectivity index (χ0) is 23.8. The second-order valence-corrected chi connectivity index (χ2v) is 8.99. The first kappa shape index (κ1) is 22.3. The van der Waals surface area contributed by atoms with Gasteiger partial charge in [0.1, 0.15) is 28.0 Å². The highest BCUT2D eigenvalue weighted by atomic mass is 32.2. The van der Waals surface area contributed by atoms with E-state index in [0.29, 0.717) is 22.9 Å². The number of anilines is 2. The van der Waals surface area contributed by atoms with Crippen molar-refractivity contribution in [3.63, 3.8) is 0 Å². The van der Waals surface area contributed by atoms with Gasteiger partial charge in [-0.1, -0.05) is 0 Å². The highest BCUT2D eigenvalue weighted by Gasteiger charge is 2.36. The molecule has 0 radical (unpaired) electrons. The zero-order valence-corrected chi connectivity index (χ0v) is 18.9. The molecule has 3 aromatic rings. The Kier molecular flexibility index (Phi) is 5.82. The Labute approximate surface area is 190 Å². The molecule has 0 unspecified atom stereocenters. The third-order valence-electron chi connectivity index (χ3n) is 5.20. The molecule has 0 amide bonds. The summed E-state index contributed by atoms with van der Waals surface area (Å²) >= 11 is 0. The number of allylic oxidation sites excluding steroid dienone is 1. The van der Waals surface area contributed by atoms with Gasteiger partial charge in [0.25, 0.3) is 0 Å². The van der Waals surface area contributed by atoms with Crippen LogP contribution in [0.3, 0.4) is 0 Å². The second-order valence-electron chi connectivity index (χ2n) is 7.11. The Bertz CT molecular complexity index is 1340. The number of benzene rings is 3. The fraction of sp³-hybridized carbons (Fsp3) is 0.125. The maximum atomic E-state index is 14.1. The quantitative estimate of drug-likeness (QED) is 0.388. The topological polar surface area (TPSA) is 82.1 Å². The lowest BCUT2D eigenvalue weighted by atomic mass is 10.1. The third kappa shape index (κ3) is 4.03. The number of fused-ring (bicyclic) bond motifs is 1. The highest BCUT2D eigenvalue weighted by molar-refractivity contribution is 7.96. The molecule has 0 fully saturated rings. The molecule has 170 valence electrons. The number of hydrogen-bond acceptors (Lipinski definition) is 7. The van der Waals surface area contributed by atoms with Crippen molar-refractivity contribution in [2.24, 2.45) is 0 Å². The van der Waals surface area contributed by atoms with Crippen molar-refractivity contribution in [2.75, 3.05) is 26.2 Å². The van der Waals surface area contributed by atoms with Crippen LogP contribution < -0.4 is 19.1 Å². The van der Waals surface area contributed by atoms with Gasteiger partial charge in [-0.25, -0.2) is 12.8 Å². The van der Waals surface area contributed by atoms with E-state index in [2.05, 4.69) is 0 Å². The monoisotopic (exact) mass is 469 g/mol. The summed E-state index contributed by atoms with van der Waals surface area (Å²) in [5, 5.41) is 0. The van der Waals surface area contributed by atoms with E-state index in [1.807, 2.05) is 0 Å². The molecule has 0 aliphatic carbocycles. The van der Waals surface area contributed by atoms with Crippen LogP contribution in [0.4, 0.5) is 15.8 Å². The van der Waals surface area contributed by atoms with E-state index in [-0.39, 0.29) is 16.1 Å². The van der Waals surface area contributed by atoms with Crippen LogP contribution in [0.25, 0.3) is 0 Å². The lowest BCUT2D eigenvalue weighted by Gasteiger charge is -2.29. The molecule has 3 aromatic carbocycles. The molecule has 0 atom stereocenters. The van der Waals surface area contributed by atoms with Crippen molar-refractivity contribution in [3.8, 4) is 17.2 Å². The molecule has 0 N–H and O–H groups in total. The lowest BCUT2D eigenvalue weighted by Crippen LogP contribution is -2.26. The summed E-state index contributed by atoms with van der Waals surface area (Å²) < 4.78 is 56.6. The molecule has 0 aromatic heterocycles. The average molecular weight is 469 g/mol. The molecule has 7 nitrogen and oxygen atoms in total. The number of carbonyl (C=O) groups is 1. The van der Waals surface area contributed by atoms with E-state index in [1.54, 1.807) is 30.3 Å². The first-order valence-electron chi connectivity index (χ1n) is 9.76. The molecule has 9 heteroatoms. The number of rotatable bonds is 6. The Balaban J connectivity index is 1.93. The number of ketones is 1. The van der Waals surface area contributed by atoms with E-state index in [9.17, 15) is 17.6 Å². The van der Waals surface area contributed by atoms with E-state index >= 15 is 0 Å². The number of carbonyl (C=O) groups excluding carboxylic acids is 1. The first-order chi connectivity index (χ1) is 15.8. The van der Waals surface area contributed by atoms with Gasteiger partial charge in [0.05, 0.1) is 37.6 Å². The predicted octanol–water partition coefficient (Wildman–Crippen LogP) is 4.50. The van der Waals surface area contributed by atoms with Crippen molar-refractivity contribution < 1.29 is 31.8 Å². The van der Waals surface area contributed by atoms with E-state index in [0.717, 1.165) is 18.2 Å². The van der Waals surface area contributed by atoms with Crippen LogP contribution >= 0.6 is 0 Å². The Morgan fingerprint density at radius 1 is 0.818 bits per heavy atom. The molecular weight excluding hydrogens is 449 g/mol. The largest absolute Gasteiger partial charge is 0.497 e. The van der Waals surface area contributed by atoms with Gasteiger partial charge >= 0.3 is 0 Å². The molecule has 4 rings (SSSR count). The fourth-order valence-corrected chi connectivity index (χ4v) is 5.01. The summed E-state index contributed by atoms with van der Waals surface area (Å²) in [7, 11) is 0.209. The minimum Gasteiger partial charge on any atom is -0.497 e. The standard InChI is InChI=1S/C24H20FNO6S/c1-30-18-7-4-15(5-8-18)24(27)23-14-26(17-11-19(31-2)13-20(12-17)32-3)21-10-16(25)6-9-22(21)33(23,28)29/h4-14H,1-3H3. The number of ether oxygens (including phenoxy) is 3. The van der Waals surface area contributed by atoms with Gasteiger partial charge in [-0.15, -0.1) is 0 Å². The smallest absolute Gasteiger partial charge is 0.214 e.